The van der Waals surface area contributed by atoms with Crippen LogP contribution in [0.15, 0.2) is 34.9 Å². The molecule has 30 heavy (non-hydrogen) atoms. The first-order chi connectivity index (χ1) is 14.3. The minimum atomic E-state index is -0.415. The molecule has 1 aromatic carbocycles. The number of methoxy groups -OCH3 is 1. The second-order valence-electron chi connectivity index (χ2n) is 6.14. The second kappa shape index (κ2) is 10.1. The molecule has 2 aromatic heterocycles. The minimum absolute atomic E-state index is 0.306. The van der Waals surface area contributed by atoms with Crippen LogP contribution >= 0.6 is 62.7 Å². The van der Waals surface area contributed by atoms with Gasteiger partial charge < -0.3 is 15.4 Å². The van der Waals surface area contributed by atoms with Crippen molar-refractivity contribution in [2.75, 3.05) is 17.7 Å². The first-order valence-electron chi connectivity index (χ1n) is 8.76. The summed E-state index contributed by atoms with van der Waals surface area (Å²) in [4.78, 5) is 13.1. The number of anilines is 2. The molecule has 11 heteroatoms. The van der Waals surface area contributed by atoms with E-state index >= 15 is 0 Å². The Morgan fingerprint density at radius 1 is 1.33 bits per heavy atom. The number of nitrogens with one attached hydrogen (secondary N) is 2. The Bertz CT molecular complexity index is 1100. The zero-order valence-corrected chi connectivity index (χ0v) is 20.7. The number of hydrogen-bond acceptors (Lipinski definition) is 5. The van der Waals surface area contributed by atoms with Crippen molar-refractivity contribution in [1.82, 2.24) is 9.78 Å². The number of rotatable bonds is 6. The molecule has 6 nitrogen and oxygen atoms in total. The van der Waals surface area contributed by atoms with Crippen molar-refractivity contribution in [2.45, 2.75) is 19.9 Å². The van der Waals surface area contributed by atoms with Gasteiger partial charge >= 0.3 is 5.97 Å². The summed E-state index contributed by atoms with van der Waals surface area (Å²) < 4.78 is 7.31. The molecule has 3 rings (SSSR count). The highest BCUT2D eigenvalue weighted by Gasteiger charge is 2.18. The third-order valence-corrected chi connectivity index (χ3v) is 6.63. The highest BCUT2D eigenvalue weighted by atomic mass is 79.9. The van der Waals surface area contributed by atoms with Gasteiger partial charge in [-0.2, -0.15) is 5.10 Å². The SMILES string of the molecule is CCc1cc(C(=O)OC)c(NC(=S)Nc2nn(Cc3ccc(Cl)cc3Cl)cc2Br)s1. The van der Waals surface area contributed by atoms with Crippen molar-refractivity contribution in [1.29, 1.82) is 0 Å². The van der Waals surface area contributed by atoms with Gasteiger partial charge in [0.25, 0.3) is 0 Å². The molecule has 0 bridgehead atoms. The third kappa shape index (κ3) is 5.53. The molecule has 2 heterocycles. The van der Waals surface area contributed by atoms with Gasteiger partial charge in [0, 0.05) is 21.1 Å². The largest absolute Gasteiger partial charge is 0.465 e. The van der Waals surface area contributed by atoms with E-state index < -0.39 is 5.97 Å². The Kier molecular flexibility index (Phi) is 7.75. The Morgan fingerprint density at radius 2 is 2.10 bits per heavy atom. The molecular weight excluding hydrogens is 531 g/mol. The molecule has 3 aromatic rings. The van der Waals surface area contributed by atoms with Crippen LogP contribution in [-0.2, 0) is 17.7 Å². The summed E-state index contributed by atoms with van der Waals surface area (Å²) in [6.07, 6.45) is 2.62. The van der Waals surface area contributed by atoms with E-state index in [9.17, 15) is 4.79 Å². The number of ether oxygens (including phenoxy) is 1. The molecule has 0 saturated heterocycles. The second-order valence-corrected chi connectivity index (χ2v) is 9.38. The number of thiocarbonyl (C=S) groups is 1. The van der Waals surface area contributed by atoms with Crippen molar-refractivity contribution < 1.29 is 9.53 Å². The first-order valence-corrected chi connectivity index (χ1v) is 11.5. The Labute approximate surface area is 201 Å². The smallest absolute Gasteiger partial charge is 0.340 e. The van der Waals surface area contributed by atoms with Crippen molar-refractivity contribution in [2.24, 2.45) is 0 Å². The Morgan fingerprint density at radius 3 is 2.77 bits per heavy atom. The van der Waals surface area contributed by atoms with E-state index in [0.29, 0.717) is 38.1 Å². The van der Waals surface area contributed by atoms with Gasteiger partial charge in [0.1, 0.15) is 5.00 Å². The maximum atomic E-state index is 12.0. The fourth-order valence-corrected chi connectivity index (χ4v) is 4.73. The molecule has 0 radical (unpaired) electrons. The van der Waals surface area contributed by atoms with Crippen LogP contribution in [0.1, 0.15) is 27.7 Å². The molecule has 0 fully saturated rings. The number of aryl methyl sites for hydroxylation is 1. The molecule has 0 aliphatic carbocycles. The highest BCUT2D eigenvalue weighted by molar-refractivity contribution is 9.10. The van der Waals surface area contributed by atoms with Crippen LogP contribution in [0, 0.1) is 0 Å². The van der Waals surface area contributed by atoms with E-state index in [1.54, 1.807) is 16.8 Å². The maximum Gasteiger partial charge on any atom is 0.340 e. The molecule has 0 unspecified atom stereocenters. The number of hydrogen-bond donors (Lipinski definition) is 2. The number of carbonyl (C=O) groups excluding carboxylic acids is 1. The average Bonchev–Trinajstić information content (AvgIpc) is 3.26. The summed E-state index contributed by atoms with van der Waals surface area (Å²) in [5.41, 5.74) is 1.34. The number of esters is 1. The van der Waals surface area contributed by atoms with E-state index in [0.717, 1.165) is 21.3 Å². The fourth-order valence-electron chi connectivity index (χ4n) is 2.60. The number of nitrogens with zero attached hydrogens (tertiary/aromatic N) is 2. The van der Waals surface area contributed by atoms with Crippen LogP contribution < -0.4 is 10.6 Å². The minimum Gasteiger partial charge on any atom is -0.465 e. The van der Waals surface area contributed by atoms with Crippen molar-refractivity contribution in [3.05, 3.63) is 61.0 Å². The third-order valence-electron chi connectivity index (χ3n) is 4.06. The van der Waals surface area contributed by atoms with Crippen LogP contribution in [0.5, 0.6) is 0 Å². The quantitative estimate of drug-likeness (QED) is 0.282. The van der Waals surface area contributed by atoms with Gasteiger partial charge in [-0.1, -0.05) is 36.2 Å². The molecule has 0 spiro atoms. The fraction of sp³-hybridized carbons (Fsp3) is 0.211. The topological polar surface area (TPSA) is 68.2 Å². The molecule has 0 amide bonds. The van der Waals surface area contributed by atoms with Gasteiger partial charge in [-0.3, -0.25) is 4.68 Å². The van der Waals surface area contributed by atoms with E-state index in [1.807, 2.05) is 25.3 Å². The highest BCUT2D eigenvalue weighted by Crippen LogP contribution is 2.30. The van der Waals surface area contributed by atoms with Gasteiger partial charge in [-0.15, -0.1) is 11.3 Å². The van der Waals surface area contributed by atoms with Gasteiger partial charge in [-0.05, 0) is 58.3 Å². The molecule has 0 saturated carbocycles. The maximum absolute atomic E-state index is 12.0. The van der Waals surface area contributed by atoms with E-state index in [4.69, 9.17) is 40.2 Å². The number of halogens is 3. The lowest BCUT2D eigenvalue weighted by Gasteiger charge is -2.09. The van der Waals surface area contributed by atoms with E-state index in [-0.39, 0.29) is 0 Å². The average molecular weight is 548 g/mol. The molecule has 0 atom stereocenters. The predicted octanol–water partition coefficient (Wildman–Crippen LogP) is 6.22. The summed E-state index contributed by atoms with van der Waals surface area (Å²) in [6.45, 7) is 2.48. The zero-order valence-electron chi connectivity index (χ0n) is 16.0. The van der Waals surface area contributed by atoms with Gasteiger partial charge in [0.2, 0.25) is 0 Å². The van der Waals surface area contributed by atoms with Crippen molar-refractivity contribution in [3.8, 4) is 0 Å². The molecule has 0 aliphatic rings. The molecule has 2 N–H and O–H groups in total. The zero-order chi connectivity index (χ0) is 21.8. The number of thiophene rings is 1. The van der Waals surface area contributed by atoms with Crippen molar-refractivity contribution in [3.63, 3.8) is 0 Å². The monoisotopic (exact) mass is 546 g/mol. The lowest BCUT2D eigenvalue weighted by atomic mass is 10.2. The van der Waals surface area contributed by atoms with Gasteiger partial charge in [-0.25, -0.2) is 4.79 Å². The van der Waals surface area contributed by atoms with Gasteiger partial charge in [0.15, 0.2) is 10.9 Å². The lowest BCUT2D eigenvalue weighted by Crippen LogP contribution is -2.20. The van der Waals surface area contributed by atoms with Crippen LogP contribution in [-0.4, -0.2) is 28.0 Å². The summed E-state index contributed by atoms with van der Waals surface area (Å²) in [6, 6.07) is 7.14. The molecular formula is C19H17BrCl2N4O2S2. The summed E-state index contributed by atoms with van der Waals surface area (Å²) in [5.74, 6) is 0.117. The molecule has 0 aliphatic heterocycles. The molecule has 158 valence electrons. The van der Waals surface area contributed by atoms with Crippen LogP contribution in [0.3, 0.4) is 0 Å². The summed E-state index contributed by atoms with van der Waals surface area (Å²) in [7, 11) is 1.35. The van der Waals surface area contributed by atoms with Crippen LogP contribution in [0.4, 0.5) is 10.8 Å². The Hall–Kier alpha value is -1.65. The summed E-state index contributed by atoms with van der Waals surface area (Å²) >= 11 is 22.5. The summed E-state index contributed by atoms with van der Waals surface area (Å²) in [5, 5.41) is 12.7. The number of carbonyl (C=O) groups is 1. The van der Waals surface area contributed by atoms with Crippen molar-refractivity contribution >= 4 is 84.6 Å². The van der Waals surface area contributed by atoms with E-state index in [1.165, 1.54) is 18.4 Å². The number of aromatic nitrogens is 2. The van der Waals surface area contributed by atoms with Crippen LogP contribution in [0.25, 0.3) is 0 Å². The van der Waals surface area contributed by atoms with Crippen LogP contribution in [0.2, 0.25) is 10.0 Å². The standard InChI is InChI=1S/C19H17BrCl2N4O2S2/c1-3-12-7-13(18(27)28-2)17(30-12)24-19(29)23-16-14(20)9-26(25-16)8-10-4-5-11(21)6-15(10)22/h4-7,9H,3,8H2,1-2H3,(H2,23,24,25,29). The number of benzene rings is 1. The lowest BCUT2D eigenvalue weighted by molar-refractivity contribution is 0.0602. The Balaban J connectivity index is 1.72. The van der Waals surface area contributed by atoms with E-state index in [2.05, 4.69) is 31.7 Å². The van der Waals surface area contributed by atoms with Gasteiger partial charge in [0.05, 0.1) is 23.7 Å². The normalized spacial score (nSPS) is 10.7. The predicted molar refractivity (Wildman–Crippen MR) is 130 cm³/mol. The first kappa shape index (κ1) is 23.0.